The lowest BCUT2D eigenvalue weighted by Gasteiger charge is -2.41. The van der Waals surface area contributed by atoms with E-state index in [0.717, 1.165) is 43.0 Å². The SMILES string of the molecule is O=C(NC1CCC2CC1CN2C(=O)c1ccns1)C1CC2CCCC21. The number of nitrogens with zero attached hydrogens (tertiary/aromatic N) is 2. The zero-order chi connectivity index (χ0) is 17.0. The van der Waals surface area contributed by atoms with Crippen molar-refractivity contribution >= 4 is 23.3 Å². The fraction of sp³-hybridized carbons (Fsp3) is 0.737. The first kappa shape index (κ1) is 15.8. The number of nitrogens with one attached hydrogen (secondary N) is 1. The van der Waals surface area contributed by atoms with Crippen LogP contribution in [0, 0.1) is 23.7 Å². The molecule has 5 rings (SSSR count). The molecule has 6 atom stereocenters. The molecule has 2 amide bonds. The van der Waals surface area contributed by atoms with Crippen LogP contribution in [0.5, 0.6) is 0 Å². The third-order valence-electron chi connectivity index (χ3n) is 7.19. The second-order valence-electron chi connectivity index (χ2n) is 8.37. The molecular weight excluding hydrogens is 334 g/mol. The molecule has 134 valence electrons. The highest BCUT2D eigenvalue weighted by Crippen LogP contribution is 2.51. The lowest BCUT2D eigenvalue weighted by Crippen LogP contribution is -2.50. The van der Waals surface area contributed by atoms with Gasteiger partial charge in [0.2, 0.25) is 5.91 Å². The molecule has 1 aromatic heterocycles. The highest BCUT2D eigenvalue weighted by molar-refractivity contribution is 7.08. The van der Waals surface area contributed by atoms with Gasteiger partial charge in [0.25, 0.3) is 5.91 Å². The van der Waals surface area contributed by atoms with Gasteiger partial charge in [-0.25, -0.2) is 4.37 Å². The van der Waals surface area contributed by atoms with E-state index in [4.69, 9.17) is 0 Å². The van der Waals surface area contributed by atoms with E-state index < -0.39 is 0 Å². The van der Waals surface area contributed by atoms with Gasteiger partial charge in [-0.3, -0.25) is 9.59 Å². The van der Waals surface area contributed by atoms with Crippen molar-refractivity contribution in [3.8, 4) is 0 Å². The summed E-state index contributed by atoms with van der Waals surface area (Å²) in [6.45, 7) is 0.781. The Morgan fingerprint density at radius 1 is 1.16 bits per heavy atom. The van der Waals surface area contributed by atoms with Gasteiger partial charge in [0.05, 0.1) is 0 Å². The van der Waals surface area contributed by atoms with Gasteiger partial charge in [-0.15, -0.1) is 0 Å². The maximum Gasteiger partial charge on any atom is 0.265 e. The van der Waals surface area contributed by atoms with Crippen molar-refractivity contribution in [2.75, 3.05) is 6.54 Å². The molecule has 1 N–H and O–H groups in total. The maximum atomic E-state index is 12.7. The molecule has 6 unspecified atom stereocenters. The minimum absolute atomic E-state index is 0.120. The summed E-state index contributed by atoms with van der Waals surface area (Å²) in [4.78, 5) is 28.2. The Hall–Kier alpha value is -1.43. The summed E-state index contributed by atoms with van der Waals surface area (Å²) in [7, 11) is 0. The van der Waals surface area contributed by atoms with E-state index in [1.54, 1.807) is 6.20 Å². The second-order valence-corrected chi connectivity index (χ2v) is 9.21. The van der Waals surface area contributed by atoms with E-state index in [1.165, 1.54) is 30.8 Å². The largest absolute Gasteiger partial charge is 0.353 e. The molecular formula is C19H25N3O2S. The molecule has 3 saturated carbocycles. The molecule has 1 aromatic rings. The fourth-order valence-electron chi connectivity index (χ4n) is 5.82. The Morgan fingerprint density at radius 2 is 2.08 bits per heavy atom. The summed E-state index contributed by atoms with van der Waals surface area (Å²) in [6.07, 6.45) is 9.72. The summed E-state index contributed by atoms with van der Waals surface area (Å²) >= 11 is 1.28. The van der Waals surface area contributed by atoms with Gasteiger partial charge in [0, 0.05) is 30.7 Å². The molecule has 2 bridgehead atoms. The Kier molecular flexibility index (Phi) is 3.84. The molecule has 4 aliphatic rings. The monoisotopic (exact) mass is 359 g/mol. The standard InChI is InChI=1S/C19H25N3O2S/c23-18(15-9-11-2-1-3-14(11)15)21-16-5-4-13-8-12(16)10-22(13)19(24)17-6-7-20-25-17/h6-7,11-16H,1-5,8-10H2,(H,21,23). The Labute approximate surface area is 152 Å². The average molecular weight is 359 g/mol. The molecule has 0 radical (unpaired) electrons. The van der Waals surface area contributed by atoms with Crippen LogP contribution in [0.2, 0.25) is 0 Å². The third kappa shape index (κ3) is 2.60. The Bertz CT molecular complexity index is 676. The number of carbonyl (C=O) groups is 2. The van der Waals surface area contributed by atoms with Crippen LogP contribution in [0.25, 0.3) is 0 Å². The molecule has 0 aromatic carbocycles. The molecule has 1 aliphatic heterocycles. The van der Waals surface area contributed by atoms with E-state index >= 15 is 0 Å². The fourth-order valence-corrected chi connectivity index (χ4v) is 6.37. The van der Waals surface area contributed by atoms with Crippen molar-refractivity contribution in [2.24, 2.45) is 23.7 Å². The number of hydrogen-bond donors (Lipinski definition) is 1. The zero-order valence-corrected chi connectivity index (χ0v) is 15.2. The molecule has 0 spiro atoms. The Morgan fingerprint density at radius 3 is 2.88 bits per heavy atom. The lowest BCUT2D eigenvalue weighted by molar-refractivity contribution is -0.133. The number of hydrogen-bond acceptors (Lipinski definition) is 4. The van der Waals surface area contributed by atoms with Crippen LogP contribution < -0.4 is 5.32 Å². The maximum absolute atomic E-state index is 12.7. The van der Waals surface area contributed by atoms with Crippen molar-refractivity contribution in [3.63, 3.8) is 0 Å². The van der Waals surface area contributed by atoms with Gasteiger partial charge >= 0.3 is 0 Å². The summed E-state index contributed by atoms with van der Waals surface area (Å²) in [6, 6.07) is 2.41. The first-order valence-corrected chi connectivity index (χ1v) is 10.5. The summed E-state index contributed by atoms with van der Waals surface area (Å²) in [5, 5.41) is 3.37. The van der Waals surface area contributed by atoms with E-state index in [0.29, 0.717) is 23.8 Å². The van der Waals surface area contributed by atoms with Crippen LogP contribution in [0.4, 0.5) is 0 Å². The number of fused-ring (bicyclic) bond motifs is 3. The van der Waals surface area contributed by atoms with Crippen molar-refractivity contribution in [1.29, 1.82) is 0 Å². The van der Waals surface area contributed by atoms with Gasteiger partial charge in [0.15, 0.2) is 0 Å². The first-order chi connectivity index (χ1) is 12.2. The molecule has 1 saturated heterocycles. The van der Waals surface area contributed by atoms with Gasteiger partial charge < -0.3 is 10.2 Å². The highest BCUT2D eigenvalue weighted by atomic mass is 32.1. The highest BCUT2D eigenvalue weighted by Gasteiger charge is 2.49. The van der Waals surface area contributed by atoms with Crippen molar-refractivity contribution < 1.29 is 9.59 Å². The van der Waals surface area contributed by atoms with Crippen LogP contribution in [0.1, 0.15) is 54.6 Å². The number of carbonyl (C=O) groups excluding carboxylic acids is 2. The van der Waals surface area contributed by atoms with E-state index in [9.17, 15) is 9.59 Å². The molecule has 2 heterocycles. The van der Waals surface area contributed by atoms with E-state index in [2.05, 4.69) is 9.69 Å². The minimum atomic E-state index is 0.120. The number of rotatable bonds is 3. The van der Waals surface area contributed by atoms with Crippen molar-refractivity contribution in [1.82, 2.24) is 14.6 Å². The van der Waals surface area contributed by atoms with Crippen LogP contribution in [0.3, 0.4) is 0 Å². The minimum Gasteiger partial charge on any atom is -0.353 e. The number of amides is 2. The van der Waals surface area contributed by atoms with Crippen molar-refractivity contribution in [3.05, 3.63) is 17.1 Å². The number of likely N-dealkylation sites (tertiary alicyclic amines) is 1. The molecule has 6 heteroatoms. The molecule has 5 nitrogen and oxygen atoms in total. The second kappa shape index (κ2) is 6.08. The van der Waals surface area contributed by atoms with Gasteiger partial charge in [0.1, 0.15) is 4.88 Å². The van der Waals surface area contributed by atoms with Gasteiger partial charge in [-0.2, -0.15) is 0 Å². The molecule has 3 aliphatic carbocycles. The zero-order valence-electron chi connectivity index (χ0n) is 14.4. The van der Waals surface area contributed by atoms with Crippen LogP contribution in [0.15, 0.2) is 12.3 Å². The smallest absolute Gasteiger partial charge is 0.265 e. The van der Waals surface area contributed by atoms with E-state index in [1.807, 2.05) is 11.0 Å². The summed E-state index contributed by atoms with van der Waals surface area (Å²) < 4.78 is 4.05. The quantitative estimate of drug-likeness (QED) is 0.902. The summed E-state index contributed by atoms with van der Waals surface area (Å²) in [5.74, 6) is 2.57. The van der Waals surface area contributed by atoms with Gasteiger partial charge in [-0.05, 0) is 67.5 Å². The van der Waals surface area contributed by atoms with Crippen LogP contribution in [-0.4, -0.2) is 39.7 Å². The van der Waals surface area contributed by atoms with Crippen LogP contribution >= 0.6 is 11.5 Å². The topological polar surface area (TPSA) is 62.3 Å². The Balaban J connectivity index is 1.21. The van der Waals surface area contributed by atoms with E-state index in [-0.39, 0.29) is 17.9 Å². The van der Waals surface area contributed by atoms with Gasteiger partial charge in [-0.1, -0.05) is 12.8 Å². The lowest BCUT2D eigenvalue weighted by atomic mass is 9.66. The predicted molar refractivity (Wildman–Crippen MR) is 95.1 cm³/mol. The first-order valence-electron chi connectivity index (χ1n) is 9.72. The van der Waals surface area contributed by atoms with Crippen molar-refractivity contribution in [2.45, 2.75) is 57.0 Å². The predicted octanol–water partition coefficient (Wildman–Crippen LogP) is 2.69. The normalized spacial score (nSPS) is 39.0. The average Bonchev–Trinajstić information content (AvgIpc) is 3.30. The third-order valence-corrected chi connectivity index (χ3v) is 7.93. The summed E-state index contributed by atoms with van der Waals surface area (Å²) in [5.41, 5.74) is 0. The van der Waals surface area contributed by atoms with Crippen LogP contribution in [-0.2, 0) is 4.79 Å². The molecule has 25 heavy (non-hydrogen) atoms. The molecule has 4 fully saturated rings. The number of aromatic nitrogens is 1.